The predicted molar refractivity (Wildman–Crippen MR) is 236 cm³/mol. The zero-order valence-electron chi connectivity index (χ0n) is 39.4. The Balaban J connectivity index is 0.000000231. The summed E-state index contributed by atoms with van der Waals surface area (Å²) < 4.78 is 22.8. The first-order valence-electron chi connectivity index (χ1n) is 24.1. The predicted octanol–water partition coefficient (Wildman–Crippen LogP) is 12.2. The molecular formula is C50H80N2O9. The van der Waals surface area contributed by atoms with E-state index in [1.165, 1.54) is 69.8 Å². The minimum absolute atomic E-state index is 0.0111. The summed E-state index contributed by atoms with van der Waals surface area (Å²) in [7, 11) is 0. The van der Waals surface area contributed by atoms with E-state index in [0.29, 0.717) is 35.8 Å². The highest BCUT2D eigenvalue weighted by Crippen LogP contribution is 2.54. The van der Waals surface area contributed by atoms with E-state index in [-0.39, 0.29) is 43.7 Å². The third-order valence-electron chi connectivity index (χ3n) is 13.7. The lowest BCUT2D eigenvalue weighted by Gasteiger charge is -2.36. The zero-order chi connectivity index (χ0) is 44.6. The topological polar surface area (TPSA) is 162 Å². The van der Waals surface area contributed by atoms with Crippen LogP contribution in [0.15, 0.2) is 9.05 Å². The van der Waals surface area contributed by atoms with Crippen LogP contribution in [0.5, 0.6) is 0 Å². The molecule has 0 spiro atoms. The maximum absolute atomic E-state index is 12.5. The molecule has 2 N–H and O–H groups in total. The SMILES string of the molecule is CCC(CC)CC1CC(c2onc(C(CC(=O)O)CC(=O)OC(C)(C)C)c2C2CC2)C1.CCC(CC)CC1CC(c2onc(C(CCO)CC(=O)OC(C)(C)C)c2C2CC2)C1. The van der Waals surface area contributed by atoms with Crippen LogP contribution >= 0.6 is 0 Å². The van der Waals surface area contributed by atoms with Gasteiger partial charge in [0.05, 0.1) is 30.7 Å². The Morgan fingerprint density at radius 2 is 1.00 bits per heavy atom. The molecule has 0 bridgehead atoms. The van der Waals surface area contributed by atoms with Crippen molar-refractivity contribution in [3.8, 4) is 0 Å². The normalized spacial score (nSPS) is 22.5. The Hall–Kier alpha value is -3.21. The molecule has 11 heteroatoms. The maximum Gasteiger partial charge on any atom is 0.307 e. The first kappa shape index (κ1) is 48.8. The second kappa shape index (κ2) is 21.4. The average Bonchev–Trinajstić information content (AvgIpc) is 4.07. The molecule has 0 aliphatic heterocycles. The van der Waals surface area contributed by atoms with Gasteiger partial charge in [0.15, 0.2) is 0 Å². The van der Waals surface area contributed by atoms with Crippen molar-refractivity contribution in [2.75, 3.05) is 6.61 Å². The molecule has 11 nitrogen and oxygen atoms in total. The van der Waals surface area contributed by atoms with Gasteiger partial charge in [-0.2, -0.15) is 0 Å². The number of aliphatic hydroxyl groups excluding tert-OH is 1. The van der Waals surface area contributed by atoms with E-state index in [0.717, 1.165) is 72.1 Å². The number of esters is 2. The van der Waals surface area contributed by atoms with Gasteiger partial charge < -0.3 is 28.7 Å². The Kier molecular flexibility index (Phi) is 17.2. The average molecular weight is 853 g/mol. The van der Waals surface area contributed by atoms with Crippen LogP contribution in [0.4, 0.5) is 0 Å². The van der Waals surface area contributed by atoms with Crippen LogP contribution in [-0.4, -0.2) is 56.2 Å². The van der Waals surface area contributed by atoms with Crippen LogP contribution in [0.25, 0.3) is 0 Å². The lowest BCUT2D eigenvalue weighted by molar-refractivity contribution is -0.156. The monoisotopic (exact) mass is 853 g/mol. The molecule has 0 radical (unpaired) electrons. The molecule has 344 valence electrons. The van der Waals surface area contributed by atoms with Gasteiger partial charge in [-0.15, -0.1) is 0 Å². The molecule has 4 aliphatic rings. The number of carbonyl (C=O) groups excluding carboxylic acids is 2. The number of aliphatic carboxylic acids is 1. The first-order chi connectivity index (χ1) is 28.9. The number of carboxylic acid groups (broad SMARTS) is 1. The summed E-state index contributed by atoms with van der Waals surface area (Å²) in [6, 6.07) is 0. The quantitative estimate of drug-likeness (QED) is 0.108. The lowest BCUT2D eigenvalue weighted by Crippen LogP contribution is -2.26. The number of carboxylic acids is 1. The van der Waals surface area contributed by atoms with Gasteiger partial charge in [0.2, 0.25) is 0 Å². The van der Waals surface area contributed by atoms with E-state index in [2.05, 4.69) is 38.0 Å². The summed E-state index contributed by atoms with van der Waals surface area (Å²) in [5.41, 5.74) is 2.81. The standard InChI is InChI=1S/C25H39NO5.C25H41NO4/c1-6-15(7-2)10-16-11-19(12-16)24-22(17-8-9-17)23(26-31-24)18(13-20(27)28)14-21(29)30-25(3,4)5;1-6-16(7-2)12-17-13-20(14-17)24-22(18-8-9-18)23(26-30-24)19(10-11-27)15-21(28)29-25(3,4)5/h15-19H,6-14H2,1-5H3,(H,27,28);16-20,27H,6-15H2,1-5H3. The molecule has 4 fully saturated rings. The van der Waals surface area contributed by atoms with Crippen LogP contribution in [-0.2, 0) is 23.9 Å². The van der Waals surface area contributed by atoms with Crippen molar-refractivity contribution in [1.29, 1.82) is 0 Å². The number of hydrogen-bond acceptors (Lipinski definition) is 10. The summed E-state index contributed by atoms with van der Waals surface area (Å²) >= 11 is 0. The molecule has 4 saturated carbocycles. The van der Waals surface area contributed by atoms with Gasteiger partial charge in [0.25, 0.3) is 0 Å². The lowest BCUT2D eigenvalue weighted by atomic mass is 9.68. The Bertz CT molecular complexity index is 1700. The van der Waals surface area contributed by atoms with E-state index >= 15 is 0 Å². The largest absolute Gasteiger partial charge is 0.481 e. The summed E-state index contributed by atoms with van der Waals surface area (Å²) in [4.78, 5) is 36.5. The smallest absolute Gasteiger partial charge is 0.307 e. The number of nitrogens with zero attached hydrogens (tertiary/aromatic N) is 2. The van der Waals surface area contributed by atoms with Gasteiger partial charge in [0, 0.05) is 41.4 Å². The van der Waals surface area contributed by atoms with Crippen LogP contribution < -0.4 is 0 Å². The summed E-state index contributed by atoms with van der Waals surface area (Å²) in [5.74, 6) is 4.75. The number of aliphatic hydroxyl groups is 1. The number of aromatic nitrogens is 2. The van der Waals surface area contributed by atoms with Gasteiger partial charge in [0.1, 0.15) is 22.7 Å². The number of rotatable bonds is 22. The van der Waals surface area contributed by atoms with E-state index in [1.807, 2.05) is 41.5 Å². The Morgan fingerprint density at radius 1 is 0.623 bits per heavy atom. The zero-order valence-corrected chi connectivity index (χ0v) is 39.4. The van der Waals surface area contributed by atoms with Crippen molar-refractivity contribution >= 4 is 17.9 Å². The van der Waals surface area contributed by atoms with E-state index < -0.39 is 23.1 Å². The number of hydrogen-bond donors (Lipinski definition) is 2. The summed E-state index contributed by atoms with van der Waals surface area (Å²) in [6.07, 6.45) is 17.4. The van der Waals surface area contributed by atoms with Crippen molar-refractivity contribution in [2.24, 2.45) is 23.7 Å². The molecule has 2 heterocycles. The third-order valence-corrected chi connectivity index (χ3v) is 13.7. The third kappa shape index (κ3) is 14.1. The molecule has 2 aromatic heterocycles. The molecule has 2 unspecified atom stereocenters. The molecule has 61 heavy (non-hydrogen) atoms. The molecule has 0 saturated heterocycles. The molecular weight excluding hydrogens is 773 g/mol. The Labute approximate surface area is 366 Å². The van der Waals surface area contributed by atoms with Crippen LogP contribution in [0.2, 0.25) is 0 Å². The van der Waals surface area contributed by atoms with Crippen molar-refractivity contribution in [3.63, 3.8) is 0 Å². The van der Waals surface area contributed by atoms with Crippen molar-refractivity contribution in [2.45, 2.75) is 232 Å². The fourth-order valence-corrected chi connectivity index (χ4v) is 10.00. The fraction of sp³-hybridized carbons (Fsp3) is 0.820. The highest BCUT2D eigenvalue weighted by atomic mass is 16.6. The van der Waals surface area contributed by atoms with Crippen molar-refractivity contribution in [3.05, 3.63) is 34.0 Å². The van der Waals surface area contributed by atoms with E-state index in [1.54, 1.807) is 0 Å². The molecule has 2 atom stereocenters. The number of ether oxygens (including phenoxy) is 2. The van der Waals surface area contributed by atoms with Gasteiger partial charge in [-0.3, -0.25) is 14.4 Å². The summed E-state index contributed by atoms with van der Waals surface area (Å²) in [6.45, 7) is 20.2. The van der Waals surface area contributed by atoms with Gasteiger partial charge >= 0.3 is 17.9 Å². The van der Waals surface area contributed by atoms with Crippen LogP contribution in [0.3, 0.4) is 0 Å². The minimum atomic E-state index is -0.936. The van der Waals surface area contributed by atoms with Crippen molar-refractivity contribution in [1.82, 2.24) is 10.3 Å². The molecule has 4 aliphatic carbocycles. The van der Waals surface area contributed by atoms with Crippen LogP contribution in [0.1, 0.15) is 254 Å². The van der Waals surface area contributed by atoms with Gasteiger partial charge in [-0.25, -0.2) is 0 Å². The maximum atomic E-state index is 12.5. The second-order valence-corrected chi connectivity index (χ2v) is 21.2. The van der Waals surface area contributed by atoms with Gasteiger partial charge in [-0.1, -0.05) is 63.7 Å². The molecule has 2 aromatic rings. The van der Waals surface area contributed by atoms with Crippen molar-refractivity contribution < 1.29 is 43.1 Å². The highest BCUT2D eigenvalue weighted by Gasteiger charge is 2.44. The fourth-order valence-electron chi connectivity index (χ4n) is 10.00. The number of carbonyl (C=O) groups is 3. The van der Waals surface area contributed by atoms with E-state index in [4.69, 9.17) is 18.5 Å². The molecule has 0 aromatic carbocycles. The first-order valence-corrected chi connectivity index (χ1v) is 24.1. The molecule has 6 rings (SSSR count). The summed E-state index contributed by atoms with van der Waals surface area (Å²) in [5, 5.41) is 27.9. The van der Waals surface area contributed by atoms with Gasteiger partial charge in [-0.05, 0) is 148 Å². The van der Waals surface area contributed by atoms with Crippen LogP contribution in [0, 0.1) is 23.7 Å². The Morgan fingerprint density at radius 3 is 1.33 bits per heavy atom. The van der Waals surface area contributed by atoms with E-state index in [9.17, 15) is 24.6 Å². The molecule has 0 amide bonds. The second-order valence-electron chi connectivity index (χ2n) is 21.2. The highest BCUT2D eigenvalue weighted by molar-refractivity contribution is 5.74. The minimum Gasteiger partial charge on any atom is -0.481 e.